The molecule has 1 saturated carbocycles. The normalized spacial score (nSPS) is 13.9. The predicted molar refractivity (Wildman–Crippen MR) is 80.4 cm³/mol. The zero-order valence-corrected chi connectivity index (χ0v) is 12.5. The zero-order chi connectivity index (χ0) is 15.4. The van der Waals surface area contributed by atoms with Crippen molar-refractivity contribution in [3.8, 4) is 6.07 Å². The van der Waals surface area contributed by atoms with Crippen LogP contribution in [-0.4, -0.2) is 28.4 Å². The summed E-state index contributed by atoms with van der Waals surface area (Å²) in [5.74, 6) is 6.08. The molecule has 3 N–H and O–H groups in total. The molecule has 0 saturated heterocycles. The van der Waals surface area contributed by atoms with Gasteiger partial charge in [0.05, 0.1) is 12.5 Å². The number of nitrogens with one attached hydrogen (secondary N) is 1. The summed E-state index contributed by atoms with van der Waals surface area (Å²) >= 11 is 0. The largest absolute Gasteiger partial charge is 0.335 e. The van der Waals surface area contributed by atoms with Gasteiger partial charge in [-0.05, 0) is 30.9 Å². The number of carbonyl (C=O) groups excluding carboxylic acids is 1. The van der Waals surface area contributed by atoms with Crippen LogP contribution < -0.4 is 11.3 Å². The first-order valence-electron chi connectivity index (χ1n) is 7.23. The van der Waals surface area contributed by atoms with E-state index in [0.717, 1.165) is 18.5 Å². The lowest BCUT2D eigenvalue weighted by Crippen LogP contribution is -2.34. The molecule has 0 unspecified atom stereocenters. The maximum atomic E-state index is 12.7. The Kier molecular flexibility index (Phi) is 4.76. The third-order valence-electron chi connectivity index (χ3n) is 3.54. The number of nitrogen functional groups attached to an aromatic ring is 1. The first-order chi connectivity index (χ1) is 10.1. The molecule has 0 atom stereocenters. The van der Waals surface area contributed by atoms with Crippen LogP contribution in [0.5, 0.6) is 0 Å². The van der Waals surface area contributed by atoms with Gasteiger partial charge in [0.1, 0.15) is 5.82 Å². The maximum absolute atomic E-state index is 12.7. The summed E-state index contributed by atoms with van der Waals surface area (Å²) < 4.78 is 0. The van der Waals surface area contributed by atoms with Crippen molar-refractivity contribution in [2.75, 3.05) is 12.0 Å². The van der Waals surface area contributed by atoms with E-state index in [1.807, 2.05) is 19.9 Å². The third-order valence-corrected chi connectivity index (χ3v) is 3.54. The Bertz CT molecular complexity index is 560. The summed E-state index contributed by atoms with van der Waals surface area (Å²) in [5, 5.41) is 8.74. The van der Waals surface area contributed by atoms with Gasteiger partial charge in [0.2, 0.25) is 0 Å². The van der Waals surface area contributed by atoms with Crippen LogP contribution >= 0.6 is 0 Å². The Labute approximate surface area is 124 Å². The van der Waals surface area contributed by atoms with E-state index in [0.29, 0.717) is 24.3 Å². The highest BCUT2D eigenvalue weighted by molar-refractivity contribution is 5.95. The molecule has 6 heteroatoms. The fourth-order valence-electron chi connectivity index (χ4n) is 2.22. The molecule has 1 aromatic heterocycles. The Morgan fingerprint density at radius 1 is 1.57 bits per heavy atom. The van der Waals surface area contributed by atoms with Crippen LogP contribution in [0.15, 0.2) is 12.1 Å². The molecule has 1 aliphatic rings. The summed E-state index contributed by atoms with van der Waals surface area (Å²) in [6.45, 7) is 4.52. The van der Waals surface area contributed by atoms with Gasteiger partial charge in [-0.25, -0.2) is 10.8 Å². The lowest BCUT2D eigenvalue weighted by atomic mass is 10.1. The first-order valence-corrected chi connectivity index (χ1v) is 7.23. The van der Waals surface area contributed by atoms with Crippen LogP contribution in [0.1, 0.15) is 55.1 Å². The number of pyridine rings is 1. The van der Waals surface area contributed by atoms with Gasteiger partial charge in [-0.2, -0.15) is 5.26 Å². The molecule has 1 heterocycles. The van der Waals surface area contributed by atoms with E-state index in [-0.39, 0.29) is 17.9 Å². The number of rotatable bonds is 6. The van der Waals surface area contributed by atoms with E-state index >= 15 is 0 Å². The van der Waals surface area contributed by atoms with Crippen LogP contribution in [0.3, 0.4) is 0 Å². The Morgan fingerprint density at radius 3 is 2.81 bits per heavy atom. The standard InChI is InChI=1S/C15H21N5O/c1-10(2)13-8-11(9-14(18-13)19-17)15(21)20(7-3-6-16)12-4-5-12/h8-10,12H,3-5,7,17H2,1-2H3,(H,18,19). The molecular formula is C15H21N5O. The molecule has 2 rings (SSSR count). The van der Waals surface area contributed by atoms with Crippen LogP contribution in [0, 0.1) is 11.3 Å². The fraction of sp³-hybridized carbons (Fsp3) is 0.533. The molecule has 0 radical (unpaired) electrons. The predicted octanol–water partition coefficient (Wildman–Crippen LogP) is 2.01. The molecule has 0 aliphatic heterocycles. The number of hydrogen-bond donors (Lipinski definition) is 2. The van der Waals surface area contributed by atoms with Gasteiger partial charge in [0, 0.05) is 23.8 Å². The van der Waals surface area contributed by atoms with E-state index in [1.165, 1.54) is 0 Å². The van der Waals surface area contributed by atoms with Crippen LogP contribution in [0.25, 0.3) is 0 Å². The molecule has 1 fully saturated rings. The summed E-state index contributed by atoms with van der Waals surface area (Å²) in [4.78, 5) is 18.8. The smallest absolute Gasteiger partial charge is 0.254 e. The van der Waals surface area contributed by atoms with Gasteiger partial charge >= 0.3 is 0 Å². The molecule has 1 aliphatic carbocycles. The molecule has 1 amide bonds. The van der Waals surface area contributed by atoms with Crippen LogP contribution in [0.2, 0.25) is 0 Å². The average Bonchev–Trinajstić information content (AvgIpc) is 3.31. The molecule has 112 valence electrons. The summed E-state index contributed by atoms with van der Waals surface area (Å²) in [6.07, 6.45) is 2.38. The third kappa shape index (κ3) is 3.70. The molecule has 1 aromatic rings. The topological polar surface area (TPSA) is 95.0 Å². The Hall–Kier alpha value is -2.13. The van der Waals surface area contributed by atoms with Gasteiger partial charge in [0.25, 0.3) is 5.91 Å². The fourth-order valence-corrected chi connectivity index (χ4v) is 2.22. The van der Waals surface area contributed by atoms with Crippen molar-refractivity contribution in [3.05, 3.63) is 23.4 Å². The van der Waals surface area contributed by atoms with Gasteiger partial charge in [-0.15, -0.1) is 0 Å². The van der Waals surface area contributed by atoms with Crippen molar-refractivity contribution in [3.63, 3.8) is 0 Å². The lowest BCUT2D eigenvalue weighted by molar-refractivity contribution is 0.0746. The van der Waals surface area contributed by atoms with Crippen LogP contribution in [0.4, 0.5) is 5.82 Å². The number of nitrogens with two attached hydrogens (primary N) is 1. The van der Waals surface area contributed by atoms with Crippen LogP contribution in [-0.2, 0) is 0 Å². The zero-order valence-electron chi connectivity index (χ0n) is 12.5. The van der Waals surface area contributed by atoms with E-state index in [9.17, 15) is 4.79 Å². The Morgan fingerprint density at radius 2 is 2.29 bits per heavy atom. The maximum Gasteiger partial charge on any atom is 0.254 e. The number of nitriles is 1. The highest BCUT2D eigenvalue weighted by Gasteiger charge is 2.33. The molecule has 0 spiro atoms. The highest BCUT2D eigenvalue weighted by atomic mass is 16.2. The number of carbonyl (C=O) groups is 1. The van der Waals surface area contributed by atoms with Crippen molar-refractivity contribution in [2.24, 2.45) is 5.84 Å². The summed E-state index contributed by atoms with van der Waals surface area (Å²) in [6, 6.07) is 5.85. The van der Waals surface area contributed by atoms with E-state index in [2.05, 4.69) is 16.5 Å². The molecular weight excluding hydrogens is 266 g/mol. The number of anilines is 1. The quantitative estimate of drug-likeness (QED) is 0.616. The minimum absolute atomic E-state index is 0.0476. The SMILES string of the molecule is CC(C)c1cc(C(=O)N(CCC#N)C2CC2)cc(NN)n1. The first kappa shape index (κ1) is 15.3. The van der Waals surface area contributed by atoms with Gasteiger partial charge in [-0.1, -0.05) is 13.8 Å². The highest BCUT2D eigenvalue weighted by Crippen LogP contribution is 2.29. The van der Waals surface area contributed by atoms with Gasteiger partial charge in [0.15, 0.2) is 0 Å². The number of hydrazine groups is 1. The van der Waals surface area contributed by atoms with E-state index < -0.39 is 0 Å². The molecule has 0 bridgehead atoms. The second kappa shape index (κ2) is 6.55. The molecule has 0 aromatic carbocycles. The van der Waals surface area contributed by atoms with E-state index in [4.69, 9.17) is 11.1 Å². The minimum Gasteiger partial charge on any atom is -0.335 e. The van der Waals surface area contributed by atoms with Crippen molar-refractivity contribution in [2.45, 2.75) is 45.1 Å². The van der Waals surface area contributed by atoms with Crippen molar-refractivity contribution < 1.29 is 4.79 Å². The number of hydrogen-bond acceptors (Lipinski definition) is 5. The van der Waals surface area contributed by atoms with Crippen molar-refractivity contribution >= 4 is 11.7 Å². The van der Waals surface area contributed by atoms with Gasteiger partial charge in [-0.3, -0.25) is 4.79 Å². The van der Waals surface area contributed by atoms with E-state index in [1.54, 1.807) is 11.0 Å². The molecule has 6 nitrogen and oxygen atoms in total. The number of aromatic nitrogens is 1. The second-order valence-corrected chi connectivity index (χ2v) is 5.60. The number of nitrogens with zero attached hydrogens (tertiary/aromatic N) is 3. The lowest BCUT2D eigenvalue weighted by Gasteiger charge is -2.22. The van der Waals surface area contributed by atoms with Crippen molar-refractivity contribution in [1.82, 2.24) is 9.88 Å². The average molecular weight is 287 g/mol. The van der Waals surface area contributed by atoms with Gasteiger partial charge < -0.3 is 10.3 Å². The summed E-state index contributed by atoms with van der Waals surface area (Å²) in [7, 11) is 0. The second-order valence-electron chi connectivity index (χ2n) is 5.60. The summed E-state index contributed by atoms with van der Waals surface area (Å²) in [5.41, 5.74) is 3.91. The minimum atomic E-state index is -0.0476. The monoisotopic (exact) mass is 287 g/mol. The molecule has 21 heavy (non-hydrogen) atoms. The Balaban J connectivity index is 2.28. The van der Waals surface area contributed by atoms with Crippen molar-refractivity contribution in [1.29, 1.82) is 5.26 Å². The number of amides is 1.